The molecule has 30 heavy (non-hydrogen) atoms. The monoisotopic (exact) mass is 408 g/mol. The van der Waals surface area contributed by atoms with E-state index in [0.29, 0.717) is 0 Å². The highest BCUT2D eigenvalue weighted by Gasteiger charge is 2.10. The van der Waals surface area contributed by atoms with Crippen LogP contribution in [0.4, 0.5) is 0 Å². The molecule has 8 heteroatoms. The van der Waals surface area contributed by atoms with Gasteiger partial charge in [0, 0.05) is 0 Å². The first-order valence-corrected chi connectivity index (χ1v) is 8.66. The fourth-order valence-electron chi connectivity index (χ4n) is 2.79. The number of hydrogen-bond donors (Lipinski definition) is 5. The summed E-state index contributed by atoms with van der Waals surface area (Å²) in [5.74, 6) is 4.06. The minimum atomic E-state index is -1.18. The lowest BCUT2D eigenvalue weighted by molar-refractivity contribution is -0.379. The molecule has 0 heterocycles. The van der Waals surface area contributed by atoms with Crippen molar-refractivity contribution in [3.05, 3.63) is 83.9 Å². The molecule has 0 bridgehead atoms. The van der Waals surface area contributed by atoms with E-state index in [1.165, 1.54) is 24.3 Å². The summed E-state index contributed by atoms with van der Waals surface area (Å²) in [6.07, 6.45) is 0. The van der Waals surface area contributed by atoms with Gasteiger partial charge in [0.2, 0.25) is 0 Å². The zero-order chi connectivity index (χ0) is 22.3. The van der Waals surface area contributed by atoms with Crippen LogP contribution in [-0.4, -0.2) is 27.3 Å². The quantitative estimate of drug-likeness (QED) is 0.249. The molecule has 4 rings (SSSR count). The zero-order valence-corrected chi connectivity index (χ0v) is 15.8. The third-order valence-electron chi connectivity index (χ3n) is 4.17. The molecule has 0 aromatic heterocycles. The molecule has 0 fully saturated rings. The van der Waals surface area contributed by atoms with Crippen molar-refractivity contribution in [3.8, 4) is 11.5 Å². The van der Waals surface area contributed by atoms with Crippen LogP contribution in [-0.2, 0) is 0 Å². The number of aromatic hydroxyl groups is 1. The van der Waals surface area contributed by atoms with E-state index in [1.807, 2.05) is 24.3 Å². The van der Waals surface area contributed by atoms with E-state index >= 15 is 0 Å². The maximum Gasteiger partial charge on any atom is 0.339 e. The van der Waals surface area contributed by atoms with Crippen molar-refractivity contribution in [2.24, 2.45) is 5.84 Å². The van der Waals surface area contributed by atoms with E-state index in [-0.39, 0.29) is 16.9 Å². The SMILES string of the molecule is N[NH3+].O=C(O)c1cc2ccccc2cc1O.O=C(O)c1cc2ccccc2cc1[O-]. The van der Waals surface area contributed by atoms with Crippen molar-refractivity contribution in [2.75, 3.05) is 0 Å². The van der Waals surface area contributed by atoms with E-state index in [0.717, 1.165) is 21.5 Å². The Balaban J connectivity index is 0.000000197. The van der Waals surface area contributed by atoms with Crippen LogP contribution < -0.4 is 16.8 Å². The van der Waals surface area contributed by atoms with Crippen LogP contribution in [0.15, 0.2) is 72.8 Å². The molecule has 4 aromatic carbocycles. The van der Waals surface area contributed by atoms with Crippen LogP contribution >= 0.6 is 0 Å². The molecular weight excluding hydrogens is 388 g/mol. The fourth-order valence-corrected chi connectivity index (χ4v) is 2.79. The molecule has 0 atom stereocenters. The molecule has 0 aliphatic carbocycles. The Morgan fingerprint density at radius 1 is 0.700 bits per heavy atom. The number of quaternary nitrogens is 1. The molecular formula is C22H20N2O6. The highest BCUT2D eigenvalue weighted by Crippen LogP contribution is 2.25. The Hall–Kier alpha value is -4.14. The van der Waals surface area contributed by atoms with Crippen molar-refractivity contribution < 1.29 is 35.9 Å². The van der Waals surface area contributed by atoms with Gasteiger partial charge in [-0.05, 0) is 39.7 Å². The lowest BCUT2D eigenvalue weighted by atomic mass is 10.1. The molecule has 0 unspecified atom stereocenters. The number of benzene rings is 4. The fraction of sp³-hybridized carbons (Fsp3) is 0. The Bertz CT molecular complexity index is 1110. The van der Waals surface area contributed by atoms with Gasteiger partial charge in [-0.2, -0.15) is 5.84 Å². The third-order valence-corrected chi connectivity index (χ3v) is 4.17. The van der Waals surface area contributed by atoms with Crippen LogP contribution in [0.25, 0.3) is 21.5 Å². The van der Waals surface area contributed by atoms with Crippen LogP contribution in [0.2, 0.25) is 0 Å². The van der Waals surface area contributed by atoms with E-state index in [1.54, 1.807) is 24.3 Å². The largest absolute Gasteiger partial charge is 0.872 e. The van der Waals surface area contributed by atoms with Crippen molar-refractivity contribution in [3.63, 3.8) is 0 Å². The number of carbonyl (C=O) groups is 2. The molecule has 154 valence electrons. The van der Waals surface area contributed by atoms with E-state index in [4.69, 9.17) is 10.2 Å². The molecule has 0 spiro atoms. The lowest BCUT2D eigenvalue weighted by Gasteiger charge is -2.11. The summed E-state index contributed by atoms with van der Waals surface area (Å²) in [5, 5.41) is 41.4. The smallest absolute Gasteiger partial charge is 0.339 e. The van der Waals surface area contributed by atoms with Gasteiger partial charge in [-0.3, -0.25) is 5.84 Å². The number of rotatable bonds is 2. The van der Waals surface area contributed by atoms with Crippen LogP contribution in [0.1, 0.15) is 20.7 Å². The molecule has 0 aliphatic heterocycles. The van der Waals surface area contributed by atoms with Gasteiger partial charge >= 0.3 is 11.9 Å². The van der Waals surface area contributed by atoms with Gasteiger partial charge in [0.25, 0.3) is 0 Å². The van der Waals surface area contributed by atoms with Gasteiger partial charge in [0.1, 0.15) is 11.3 Å². The minimum Gasteiger partial charge on any atom is -0.872 e. The van der Waals surface area contributed by atoms with E-state index < -0.39 is 17.7 Å². The van der Waals surface area contributed by atoms with Crippen LogP contribution in [0.5, 0.6) is 11.5 Å². The zero-order valence-electron chi connectivity index (χ0n) is 15.8. The van der Waals surface area contributed by atoms with Gasteiger partial charge in [-0.15, -0.1) is 0 Å². The van der Waals surface area contributed by atoms with Crippen molar-refractivity contribution in [1.82, 2.24) is 0 Å². The summed E-state index contributed by atoms with van der Waals surface area (Å²) >= 11 is 0. The second kappa shape index (κ2) is 9.87. The summed E-state index contributed by atoms with van der Waals surface area (Å²) in [4.78, 5) is 21.4. The van der Waals surface area contributed by atoms with Gasteiger partial charge in [0.05, 0.1) is 5.56 Å². The Labute approximate surface area is 171 Å². The first kappa shape index (κ1) is 22.2. The molecule has 0 saturated heterocycles. The summed E-state index contributed by atoms with van der Waals surface area (Å²) in [5.41, 5.74) is -0.243. The number of carboxylic acids is 2. The molecule has 4 aromatic rings. The molecule has 0 saturated carbocycles. The van der Waals surface area contributed by atoms with Crippen molar-refractivity contribution in [1.29, 1.82) is 0 Å². The van der Waals surface area contributed by atoms with Crippen LogP contribution in [0, 0.1) is 0 Å². The minimum absolute atomic E-state index is 0.0660. The third kappa shape index (κ3) is 5.02. The highest BCUT2D eigenvalue weighted by atomic mass is 16.4. The number of carboxylic acid groups (broad SMARTS) is 2. The summed E-state index contributed by atoms with van der Waals surface area (Å²) < 4.78 is 0. The van der Waals surface area contributed by atoms with Crippen molar-refractivity contribution in [2.45, 2.75) is 0 Å². The standard InChI is InChI=1S/2C11H8O3.H4N2/c2*12-10-6-8-4-2-1-3-7(8)5-9(10)11(13)14;1-2/h2*1-6,12H,(H,13,14);1-2H2. The van der Waals surface area contributed by atoms with Crippen molar-refractivity contribution >= 4 is 33.5 Å². The predicted molar refractivity (Wildman–Crippen MR) is 110 cm³/mol. The Morgan fingerprint density at radius 2 is 1.07 bits per heavy atom. The topological polar surface area (TPSA) is 172 Å². The molecule has 0 amide bonds. The first-order chi connectivity index (χ1) is 14.4. The number of aromatic carboxylic acids is 2. The molecule has 0 radical (unpaired) electrons. The Morgan fingerprint density at radius 3 is 1.50 bits per heavy atom. The number of phenols is 1. The average Bonchev–Trinajstić information content (AvgIpc) is 2.74. The molecule has 8 N–H and O–H groups in total. The summed E-state index contributed by atoms with van der Waals surface area (Å²) in [6.45, 7) is 0. The van der Waals surface area contributed by atoms with E-state index in [2.05, 4.69) is 11.7 Å². The first-order valence-electron chi connectivity index (χ1n) is 8.66. The summed E-state index contributed by atoms with van der Waals surface area (Å²) in [6, 6.07) is 20.1. The maximum absolute atomic E-state index is 11.3. The second-order valence-corrected chi connectivity index (χ2v) is 6.02. The predicted octanol–water partition coefficient (Wildman–Crippen LogP) is 1.96. The second-order valence-electron chi connectivity index (χ2n) is 6.02. The summed E-state index contributed by atoms with van der Waals surface area (Å²) in [7, 11) is 0. The lowest BCUT2D eigenvalue weighted by Crippen LogP contribution is -2.59. The van der Waals surface area contributed by atoms with Gasteiger partial charge < -0.3 is 20.4 Å². The molecule has 8 nitrogen and oxygen atoms in total. The number of fused-ring (bicyclic) bond motifs is 2. The van der Waals surface area contributed by atoms with Gasteiger partial charge in [-0.1, -0.05) is 60.3 Å². The highest BCUT2D eigenvalue weighted by molar-refractivity contribution is 5.98. The number of nitrogens with two attached hydrogens (primary N) is 1. The normalized spacial score (nSPS) is 9.80. The number of hydrogen-bond acceptors (Lipinski definition) is 5. The van der Waals surface area contributed by atoms with Gasteiger partial charge in [0.15, 0.2) is 0 Å². The Kier molecular flexibility index (Phi) is 7.29. The van der Waals surface area contributed by atoms with Crippen LogP contribution in [0.3, 0.4) is 0 Å². The average molecular weight is 408 g/mol. The van der Waals surface area contributed by atoms with Gasteiger partial charge in [-0.25, -0.2) is 9.59 Å². The maximum atomic E-state index is 11.3. The molecule has 0 aliphatic rings. The van der Waals surface area contributed by atoms with E-state index in [9.17, 15) is 19.8 Å².